The second kappa shape index (κ2) is 7.16. The molecule has 4 nitrogen and oxygen atoms in total. The van der Waals surface area contributed by atoms with E-state index in [4.69, 9.17) is 4.74 Å². The predicted molar refractivity (Wildman–Crippen MR) is 72.3 cm³/mol. The van der Waals surface area contributed by atoms with Crippen LogP contribution >= 0.6 is 15.9 Å². The van der Waals surface area contributed by atoms with Gasteiger partial charge < -0.3 is 9.47 Å². The predicted octanol–water partition coefficient (Wildman–Crippen LogP) is 2.98. The highest BCUT2D eigenvalue weighted by Gasteiger charge is 2.14. The standard InChI is InChI=1S/C13H16BrNO3/c1-9(2)10(6-7-12(16)17-3)18-11-5-4-8-15-13(11)14/h4-10H,1-3H3/b7-6+/t10-/m0/s1. The number of pyridine rings is 1. The highest BCUT2D eigenvalue weighted by atomic mass is 79.9. The van der Waals surface area contributed by atoms with E-state index in [9.17, 15) is 4.79 Å². The van der Waals surface area contributed by atoms with Crippen LogP contribution in [0.15, 0.2) is 35.1 Å². The van der Waals surface area contributed by atoms with E-state index in [1.54, 1.807) is 18.3 Å². The van der Waals surface area contributed by atoms with Crippen molar-refractivity contribution in [3.63, 3.8) is 0 Å². The van der Waals surface area contributed by atoms with Gasteiger partial charge in [0.15, 0.2) is 5.75 Å². The van der Waals surface area contributed by atoms with Gasteiger partial charge in [0.05, 0.1) is 7.11 Å². The lowest BCUT2D eigenvalue weighted by Crippen LogP contribution is -2.21. The van der Waals surface area contributed by atoms with Crippen molar-refractivity contribution in [3.05, 3.63) is 35.1 Å². The van der Waals surface area contributed by atoms with Gasteiger partial charge in [-0.25, -0.2) is 9.78 Å². The molecule has 0 aliphatic heterocycles. The first-order chi connectivity index (χ1) is 8.54. The summed E-state index contributed by atoms with van der Waals surface area (Å²) in [7, 11) is 1.34. The van der Waals surface area contributed by atoms with Gasteiger partial charge in [-0.15, -0.1) is 0 Å². The minimum Gasteiger partial charge on any atom is -0.483 e. The second-order valence-corrected chi connectivity index (χ2v) is 4.75. The van der Waals surface area contributed by atoms with Crippen LogP contribution in [0.25, 0.3) is 0 Å². The van der Waals surface area contributed by atoms with E-state index in [1.807, 2.05) is 19.9 Å². The second-order valence-electron chi connectivity index (χ2n) is 4.00. The zero-order valence-corrected chi connectivity index (χ0v) is 12.2. The van der Waals surface area contributed by atoms with Gasteiger partial charge in [0, 0.05) is 12.3 Å². The Kier molecular flexibility index (Phi) is 5.85. The maximum atomic E-state index is 11.1. The fourth-order valence-corrected chi connectivity index (χ4v) is 1.59. The lowest BCUT2D eigenvalue weighted by atomic mass is 10.1. The monoisotopic (exact) mass is 313 g/mol. The van der Waals surface area contributed by atoms with E-state index in [1.165, 1.54) is 13.2 Å². The SMILES string of the molecule is COC(=O)/C=C/[C@H](Oc1cccnc1Br)C(C)C. The largest absolute Gasteiger partial charge is 0.483 e. The highest BCUT2D eigenvalue weighted by Crippen LogP contribution is 2.24. The highest BCUT2D eigenvalue weighted by molar-refractivity contribution is 9.10. The van der Waals surface area contributed by atoms with Crippen LogP contribution in [0, 0.1) is 5.92 Å². The minimum absolute atomic E-state index is 0.218. The van der Waals surface area contributed by atoms with Crippen LogP contribution in [-0.2, 0) is 9.53 Å². The molecule has 0 aliphatic carbocycles. The fourth-order valence-electron chi connectivity index (χ4n) is 1.24. The van der Waals surface area contributed by atoms with Crippen molar-refractivity contribution in [1.29, 1.82) is 0 Å². The van der Waals surface area contributed by atoms with E-state index in [0.29, 0.717) is 10.4 Å². The lowest BCUT2D eigenvalue weighted by Gasteiger charge is -2.19. The van der Waals surface area contributed by atoms with Gasteiger partial charge in [0.2, 0.25) is 0 Å². The quantitative estimate of drug-likeness (QED) is 0.476. The van der Waals surface area contributed by atoms with E-state index in [2.05, 4.69) is 25.7 Å². The van der Waals surface area contributed by atoms with E-state index < -0.39 is 5.97 Å². The molecular weight excluding hydrogens is 298 g/mol. The molecule has 0 fully saturated rings. The van der Waals surface area contributed by atoms with E-state index >= 15 is 0 Å². The summed E-state index contributed by atoms with van der Waals surface area (Å²) < 4.78 is 11.0. The Hall–Kier alpha value is -1.36. The maximum absolute atomic E-state index is 11.1. The summed E-state index contributed by atoms with van der Waals surface area (Å²) in [6.07, 6.45) is 4.51. The van der Waals surface area contributed by atoms with Crippen LogP contribution in [0.5, 0.6) is 5.75 Å². The van der Waals surface area contributed by atoms with Crippen LogP contribution in [-0.4, -0.2) is 24.2 Å². The average Bonchev–Trinajstić information content (AvgIpc) is 2.35. The summed E-state index contributed by atoms with van der Waals surface area (Å²) in [6, 6.07) is 3.61. The van der Waals surface area contributed by atoms with Crippen LogP contribution < -0.4 is 4.74 Å². The summed E-state index contributed by atoms with van der Waals surface area (Å²) in [5.74, 6) is 0.471. The molecule has 1 aromatic heterocycles. The van der Waals surface area contributed by atoms with E-state index in [0.717, 1.165) is 0 Å². The molecule has 1 atom stereocenters. The third kappa shape index (κ3) is 4.49. The van der Waals surface area contributed by atoms with E-state index in [-0.39, 0.29) is 12.0 Å². The number of esters is 1. The maximum Gasteiger partial charge on any atom is 0.330 e. The number of aromatic nitrogens is 1. The zero-order chi connectivity index (χ0) is 13.5. The van der Waals surface area contributed by atoms with Crippen molar-refractivity contribution >= 4 is 21.9 Å². The lowest BCUT2D eigenvalue weighted by molar-refractivity contribution is -0.134. The average molecular weight is 314 g/mol. The third-order valence-corrected chi connectivity index (χ3v) is 2.86. The number of hydrogen-bond acceptors (Lipinski definition) is 4. The Morgan fingerprint density at radius 1 is 1.50 bits per heavy atom. The summed E-state index contributed by atoms with van der Waals surface area (Å²) in [5, 5.41) is 0. The first-order valence-corrected chi connectivity index (χ1v) is 6.37. The van der Waals surface area contributed by atoms with Crippen LogP contribution in [0.3, 0.4) is 0 Å². The molecule has 0 aromatic carbocycles. The number of carbonyl (C=O) groups excluding carboxylic acids is 1. The molecule has 0 spiro atoms. The molecule has 5 heteroatoms. The Morgan fingerprint density at radius 3 is 2.78 bits per heavy atom. The molecule has 1 aromatic rings. The molecule has 0 bridgehead atoms. The Labute approximate surface area is 115 Å². The van der Waals surface area contributed by atoms with Crippen LogP contribution in [0.2, 0.25) is 0 Å². The summed E-state index contributed by atoms with van der Waals surface area (Å²) in [4.78, 5) is 15.2. The van der Waals surface area contributed by atoms with Crippen molar-refractivity contribution < 1.29 is 14.3 Å². The van der Waals surface area contributed by atoms with Gasteiger partial charge in [0.25, 0.3) is 0 Å². The van der Waals surface area contributed by atoms with Gasteiger partial charge in [-0.2, -0.15) is 0 Å². The minimum atomic E-state index is -0.394. The van der Waals surface area contributed by atoms with Crippen LogP contribution in [0.1, 0.15) is 13.8 Å². The molecule has 1 rings (SSSR count). The molecule has 0 radical (unpaired) electrons. The Balaban J connectivity index is 2.78. The molecular formula is C13H16BrNO3. The number of hydrogen-bond donors (Lipinski definition) is 0. The summed E-state index contributed by atoms with van der Waals surface area (Å²) >= 11 is 3.32. The molecule has 0 saturated carbocycles. The number of halogens is 1. The van der Waals surface area contributed by atoms with Crippen molar-refractivity contribution in [1.82, 2.24) is 4.98 Å². The van der Waals surface area contributed by atoms with Crippen molar-refractivity contribution in [2.24, 2.45) is 5.92 Å². The normalized spacial score (nSPS) is 12.7. The molecule has 0 amide bonds. The fraction of sp³-hybridized carbons (Fsp3) is 0.385. The number of methoxy groups -OCH3 is 1. The molecule has 0 unspecified atom stereocenters. The molecule has 1 heterocycles. The molecule has 18 heavy (non-hydrogen) atoms. The van der Waals surface area contributed by atoms with Crippen LogP contribution in [0.4, 0.5) is 0 Å². The number of carbonyl (C=O) groups is 1. The molecule has 0 aliphatic rings. The van der Waals surface area contributed by atoms with Gasteiger partial charge in [0.1, 0.15) is 10.7 Å². The van der Waals surface area contributed by atoms with Crippen molar-refractivity contribution in [3.8, 4) is 5.75 Å². The number of rotatable bonds is 5. The van der Waals surface area contributed by atoms with Crippen molar-refractivity contribution in [2.45, 2.75) is 20.0 Å². The number of nitrogens with zero attached hydrogens (tertiary/aromatic N) is 1. The Morgan fingerprint density at radius 2 is 2.22 bits per heavy atom. The topological polar surface area (TPSA) is 48.4 Å². The van der Waals surface area contributed by atoms with Gasteiger partial charge in [-0.1, -0.05) is 13.8 Å². The molecule has 0 N–H and O–H groups in total. The summed E-state index contributed by atoms with van der Waals surface area (Å²) in [5.41, 5.74) is 0. The van der Waals surface area contributed by atoms with Gasteiger partial charge in [-0.3, -0.25) is 0 Å². The third-order valence-electron chi connectivity index (χ3n) is 2.27. The smallest absolute Gasteiger partial charge is 0.330 e. The van der Waals surface area contributed by atoms with Gasteiger partial charge in [-0.05, 0) is 40.1 Å². The molecule has 98 valence electrons. The van der Waals surface area contributed by atoms with Crippen molar-refractivity contribution in [2.75, 3.05) is 7.11 Å². The zero-order valence-electron chi connectivity index (χ0n) is 10.6. The molecule has 0 saturated heterocycles. The first-order valence-electron chi connectivity index (χ1n) is 5.58. The summed E-state index contributed by atoms with van der Waals surface area (Å²) in [6.45, 7) is 4.02. The number of ether oxygens (including phenoxy) is 2. The van der Waals surface area contributed by atoms with Gasteiger partial charge >= 0.3 is 5.97 Å². The Bertz CT molecular complexity index is 432. The first kappa shape index (κ1) is 14.7.